The zero-order valence-electron chi connectivity index (χ0n) is 9.10. The van der Waals surface area contributed by atoms with Crippen LogP contribution in [-0.2, 0) is 0 Å². The van der Waals surface area contributed by atoms with Crippen molar-refractivity contribution in [2.45, 2.75) is 38.2 Å². The lowest BCUT2D eigenvalue weighted by Crippen LogP contribution is -2.26. The molecule has 3 rings (SSSR count). The lowest BCUT2D eigenvalue weighted by Gasteiger charge is -2.27. The molecule has 0 radical (unpaired) electrons. The third-order valence-corrected chi connectivity index (χ3v) is 4.31. The first kappa shape index (κ1) is 10.7. The van der Waals surface area contributed by atoms with Crippen LogP contribution in [0.15, 0.2) is 12.1 Å². The molecule has 1 heterocycles. The van der Waals surface area contributed by atoms with Gasteiger partial charge < -0.3 is 4.74 Å². The molecule has 16 heavy (non-hydrogen) atoms. The third-order valence-electron chi connectivity index (χ3n) is 3.74. The minimum Gasteiger partial charge on any atom is -0.473 e. The van der Waals surface area contributed by atoms with Crippen LogP contribution in [0.2, 0.25) is 0 Å². The molecule has 1 unspecified atom stereocenters. The summed E-state index contributed by atoms with van der Waals surface area (Å²) in [6, 6.07) is 3.87. The second-order valence-electron chi connectivity index (χ2n) is 4.95. The molecule has 2 aliphatic carbocycles. The van der Waals surface area contributed by atoms with Crippen molar-refractivity contribution in [1.29, 1.82) is 0 Å². The number of nitrogens with zero attached hydrogens (tertiary/aromatic N) is 2. The first-order chi connectivity index (χ1) is 7.79. The number of rotatable bonds is 2. The van der Waals surface area contributed by atoms with E-state index in [4.69, 9.17) is 4.74 Å². The Kier molecular flexibility index (Phi) is 3.00. The topological polar surface area (TPSA) is 35.0 Å². The molecule has 0 aromatic carbocycles. The molecule has 0 aliphatic heterocycles. The van der Waals surface area contributed by atoms with Crippen LogP contribution in [0.25, 0.3) is 0 Å². The Bertz CT molecular complexity index is 356. The molecule has 2 bridgehead atoms. The van der Waals surface area contributed by atoms with Gasteiger partial charge in [0.15, 0.2) is 0 Å². The van der Waals surface area contributed by atoms with Gasteiger partial charge in [0.25, 0.3) is 0 Å². The number of fused-ring (bicyclic) bond motifs is 2. The molecule has 0 N–H and O–H groups in total. The number of hydrogen-bond acceptors (Lipinski definition) is 3. The molecular formula is C12H15IN2O. The summed E-state index contributed by atoms with van der Waals surface area (Å²) in [4.78, 5) is 0. The molecule has 0 spiro atoms. The van der Waals surface area contributed by atoms with Crippen molar-refractivity contribution in [1.82, 2.24) is 10.2 Å². The molecule has 1 aromatic rings. The van der Waals surface area contributed by atoms with E-state index in [2.05, 4.69) is 32.8 Å². The highest BCUT2D eigenvalue weighted by molar-refractivity contribution is 14.1. The van der Waals surface area contributed by atoms with Crippen LogP contribution >= 0.6 is 22.6 Å². The summed E-state index contributed by atoms with van der Waals surface area (Å²) in [7, 11) is 0. The van der Waals surface area contributed by atoms with Crippen LogP contribution in [0.5, 0.6) is 5.88 Å². The highest BCUT2D eigenvalue weighted by atomic mass is 127. The lowest BCUT2D eigenvalue weighted by molar-refractivity contribution is 0.112. The molecule has 3 nitrogen and oxygen atoms in total. The van der Waals surface area contributed by atoms with Crippen molar-refractivity contribution in [3.8, 4) is 5.88 Å². The van der Waals surface area contributed by atoms with Crippen LogP contribution in [0, 0.1) is 15.5 Å². The minimum absolute atomic E-state index is 0.376. The number of aromatic nitrogens is 2. The van der Waals surface area contributed by atoms with Crippen molar-refractivity contribution in [2.24, 2.45) is 11.8 Å². The summed E-state index contributed by atoms with van der Waals surface area (Å²) < 4.78 is 6.82. The Balaban J connectivity index is 1.64. The van der Waals surface area contributed by atoms with Crippen molar-refractivity contribution in [3.63, 3.8) is 0 Å². The third kappa shape index (κ3) is 2.31. The summed E-state index contributed by atoms with van der Waals surface area (Å²) in [6.07, 6.45) is 7.04. The van der Waals surface area contributed by atoms with Crippen LogP contribution in [-0.4, -0.2) is 16.3 Å². The van der Waals surface area contributed by atoms with Crippen LogP contribution in [0.3, 0.4) is 0 Å². The molecule has 0 amide bonds. The van der Waals surface area contributed by atoms with E-state index in [-0.39, 0.29) is 0 Å². The molecule has 4 heteroatoms. The Labute approximate surface area is 109 Å². The predicted molar refractivity (Wildman–Crippen MR) is 69.2 cm³/mol. The van der Waals surface area contributed by atoms with Crippen molar-refractivity contribution in [3.05, 3.63) is 15.8 Å². The quantitative estimate of drug-likeness (QED) is 0.782. The van der Waals surface area contributed by atoms with E-state index in [1.807, 2.05) is 12.1 Å². The highest BCUT2D eigenvalue weighted by Crippen LogP contribution is 2.42. The van der Waals surface area contributed by atoms with E-state index in [1.165, 1.54) is 32.1 Å². The second-order valence-corrected chi connectivity index (χ2v) is 6.06. The van der Waals surface area contributed by atoms with Gasteiger partial charge in [-0.05, 0) is 59.8 Å². The van der Waals surface area contributed by atoms with Gasteiger partial charge in [0, 0.05) is 6.07 Å². The highest BCUT2D eigenvalue weighted by Gasteiger charge is 2.35. The summed E-state index contributed by atoms with van der Waals surface area (Å²) in [5, 5.41) is 8.07. The van der Waals surface area contributed by atoms with Crippen molar-refractivity contribution < 1.29 is 4.74 Å². The zero-order valence-corrected chi connectivity index (χ0v) is 11.3. The molecule has 1 aromatic heterocycles. The summed E-state index contributed by atoms with van der Waals surface area (Å²) in [5.41, 5.74) is 0. The van der Waals surface area contributed by atoms with Crippen LogP contribution in [0.4, 0.5) is 0 Å². The van der Waals surface area contributed by atoms with Gasteiger partial charge in [0.2, 0.25) is 5.88 Å². The maximum Gasteiger partial charge on any atom is 0.233 e. The summed E-state index contributed by atoms with van der Waals surface area (Å²) in [6.45, 7) is 0. The first-order valence-electron chi connectivity index (χ1n) is 5.95. The summed E-state index contributed by atoms with van der Waals surface area (Å²) in [5.74, 6) is 2.49. The first-order valence-corrected chi connectivity index (χ1v) is 7.03. The number of hydrogen-bond donors (Lipinski definition) is 0. The van der Waals surface area contributed by atoms with Gasteiger partial charge >= 0.3 is 0 Å². The van der Waals surface area contributed by atoms with Gasteiger partial charge in [-0.15, -0.1) is 10.2 Å². The summed E-state index contributed by atoms with van der Waals surface area (Å²) >= 11 is 2.15. The minimum atomic E-state index is 0.376. The molecule has 2 saturated carbocycles. The number of ether oxygens (including phenoxy) is 1. The Hall–Kier alpha value is -0.390. The molecule has 86 valence electrons. The van der Waals surface area contributed by atoms with E-state index in [9.17, 15) is 0 Å². The SMILES string of the molecule is Ic1ccc(OC2C[C@H]3CC[C@@H](C2)C3)nn1. The largest absolute Gasteiger partial charge is 0.473 e. The maximum absolute atomic E-state index is 5.91. The number of halogens is 1. The molecule has 3 atom stereocenters. The smallest absolute Gasteiger partial charge is 0.233 e. The Morgan fingerprint density at radius 1 is 1.06 bits per heavy atom. The molecule has 0 saturated heterocycles. The normalized spacial score (nSPS) is 32.7. The van der Waals surface area contributed by atoms with E-state index in [0.29, 0.717) is 12.0 Å². The fourth-order valence-corrected chi connectivity index (χ4v) is 3.37. The van der Waals surface area contributed by atoms with Gasteiger partial charge in [0.1, 0.15) is 9.80 Å². The van der Waals surface area contributed by atoms with Crippen molar-refractivity contribution >= 4 is 22.6 Å². The van der Waals surface area contributed by atoms with Gasteiger partial charge in [-0.1, -0.05) is 12.8 Å². The van der Waals surface area contributed by atoms with Gasteiger partial charge in [-0.25, -0.2) is 0 Å². The van der Waals surface area contributed by atoms with E-state index in [1.54, 1.807) is 0 Å². The second kappa shape index (κ2) is 4.47. The lowest BCUT2D eigenvalue weighted by atomic mass is 9.87. The molecule has 2 fully saturated rings. The fourth-order valence-electron chi connectivity index (χ4n) is 3.08. The van der Waals surface area contributed by atoms with Gasteiger partial charge in [0.05, 0.1) is 0 Å². The average Bonchev–Trinajstić information content (AvgIpc) is 2.62. The van der Waals surface area contributed by atoms with E-state index >= 15 is 0 Å². The van der Waals surface area contributed by atoms with Crippen molar-refractivity contribution in [2.75, 3.05) is 0 Å². The standard InChI is InChI=1S/C12H15IN2O/c13-11-3-4-12(15-14-11)16-10-6-8-1-2-9(5-8)7-10/h3-4,8-10H,1-2,5-7H2/t8-,9+,10?. The Morgan fingerprint density at radius 3 is 2.44 bits per heavy atom. The van der Waals surface area contributed by atoms with Gasteiger partial charge in [-0.2, -0.15) is 0 Å². The maximum atomic E-state index is 5.91. The monoisotopic (exact) mass is 330 g/mol. The van der Waals surface area contributed by atoms with Crippen LogP contribution < -0.4 is 4.74 Å². The average molecular weight is 330 g/mol. The molecular weight excluding hydrogens is 315 g/mol. The molecule has 2 aliphatic rings. The van der Waals surface area contributed by atoms with E-state index in [0.717, 1.165) is 15.5 Å². The zero-order chi connectivity index (χ0) is 11.0. The van der Waals surface area contributed by atoms with Gasteiger partial charge in [-0.3, -0.25) is 0 Å². The predicted octanol–water partition coefficient (Wildman–Crippen LogP) is 3.04. The van der Waals surface area contributed by atoms with E-state index < -0.39 is 0 Å². The van der Waals surface area contributed by atoms with Crippen LogP contribution in [0.1, 0.15) is 32.1 Å². The fraction of sp³-hybridized carbons (Fsp3) is 0.667. The Morgan fingerprint density at radius 2 is 1.81 bits per heavy atom.